The van der Waals surface area contributed by atoms with E-state index in [2.05, 4.69) is 66.2 Å². The molecule has 0 aliphatic heterocycles. The Bertz CT molecular complexity index is 914. The van der Waals surface area contributed by atoms with Gasteiger partial charge in [-0.1, -0.05) is 24.3 Å². The molecular formula is C17H12BrN3S. The molecule has 0 unspecified atom stereocenters. The lowest BCUT2D eigenvalue weighted by Gasteiger charge is -2.08. The van der Waals surface area contributed by atoms with Crippen molar-refractivity contribution in [2.45, 2.75) is 6.42 Å². The van der Waals surface area contributed by atoms with Crippen LogP contribution < -0.4 is 0 Å². The summed E-state index contributed by atoms with van der Waals surface area (Å²) in [7, 11) is 0. The monoisotopic (exact) mass is 369 g/mol. The van der Waals surface area contributed by atoms with Crippen LogP contribution in [0.4, 0.5) is 0 Å². The SMILES string of the molecule is Brc1c(Cc2cccs2)n(-c2ncccn2)c2ccccc12. The van der Waals surface area contributed by atoms with E-state index in [1.807, 2.05) is 12.1 Å². The maximum absolute atomic E-state index is 4.44. The molecule has 0 fully saturated rings. The Kier molecular flexibility index (Phi) is 3.52. The Balaban J connectivity index is 1.99. The van der Waals surface area contributed by atoms with Gasteiger partial charge in [0.25, 0.3) is 0 Å². The molecule has 22 heavy (non-hydrogen) atoms. The lowest BCUT2D eigenvalue weighted by molar-refractivity contribution is 0.899. The van der Waals surface area contributed by atoms with E-state index in [4.69, 9.17) is 0 Å². The lowest BCUT2D eigenvalue weighted by atomic mass is 10.2. The lowest BCUT2D eigenvalue weighted by Crippen LogP contribution is -2.05. The summed E-state index contributed by atoms with van der Waals surface area (Å²) in [6.07, 6.45) is 4.41. The topological polar surface area (TPSA) is 30.7 Å². The third-order valence-electron chi connectivity index (χ3n) is 3.58. The van der Waals surface area contributed by atoms with Crippen LogP contribution in [0.25, 0.3) is 16.9 Å². The minimum atomic E-state index is 0.705. The van der Waals surface area contributed by atoms with Crippen molar-refractivity contribution in [1.29, 1.82) is 0 Å². The van der Waals surface area contributed by atoms with Gasteiger partial charge in [-0.3, -0.25) is 4.57 Å². The second-order valence-electron chi connectivity index (χ2n) is 4.92. The summed E-state index contributed by atoms with van der Waals surface area (Å²) in [4.78, 5) is 10.2. The summed E-state index contributed by atoms with van der Waals surface area (Å²) in [6.45, 7) is 0. The Morgan fingerprint density at radius 2 is 1.82 bits per heavy atom. The molecule has 0 atom stereocenters. The van der Waals surface area contributed by atoms with Crippen LogP contribution in [0.15, 0.2) is 64.7 Å². The third-order valence-corrected chi connectivity index (χ3v) is 5.34. The molecule has 3 heterocycles. The van der Waals surface area contributed by atoms with Crippen molar-refractivity contribution in [3.63, 3.8) is 0 Å². The molecule has 0 aliphatic rings. The molecule has 4 rings (SSSR count). The number of hydrogen-bond donors (Lipinski definition) is 0. The van der Waals surface area contributed by atoms with Gasteiger partial charge in [0, 0.05) is 39.2 Å². The molecule has 1 aromatic carbocycles. The van der Waals surface area contributed by atoms with E-state index in [-0.39, 0.29) is 0 Å². The maximum Gasteiger partial charge on any atom is 0.234 e. The summed E-state index contributed by atoms with van der Waals surface area (Å²) in [5, 5.41) is 3.29. The van der Waals surface area contributed by atoms with Crippen molar-refractivity contribution in [2.75, 3.05) is 0 Å². The summed E-state index contributed by atoms with van der Waals surface area (Å²) in [5.41, 5.74) is 2.29. The van der Waals surface area contributed by atoms with Crippen molar-refractivity contribution in [3.05, 3.63) is 75.3 Å². The van der Waals surface area contributed by atoms with Crippen LogP contribution in [0, 0.1) is 0 Å². The standard InChI is InChI=1S/C17H12BrN3S/c18-16-13-6-1-2-7-14(13)21(17-19-8-4-9-20-17)15(16)11-12-5-3-10-22-12/h1-10H,11H2. The summed E-state index contributed by atoms with van der Waals surface area (Å²) in [5.74, 6) is 0.705. The first-order valence-corrected chi connectivity index (χ1v) is 8.59. The molecule has 3 aromatic heterocycles. The highest BCUT2D eigenvalue weighted by Gasteiger charge is 2.18. The molecule has 0 saturated carbocycles. The van der Waals surface area contributed by atoms with Crippen LogP contribution in [0.3, 0.4) is 0 Å². The van der Waals surface area contributed by atoms with E-state index in [9.17, 15) is 0 Å². The second kappa shape index (κ2) is 5.66. The molecule has 0 amide bonds. The molecular weight excluding hydrogens is 358 g/mol. The van der Waals surface area contributed by atoms with Crippen LogP contribution in [-0.4, -0.2) is 14.5 Å². The van der Waals surface area contributed by atoms with E-state index < -0.39 is 0 Å². The zero-order valence-electron chi connectivity index (χ0n) is 11.6. The number of benzene rings is 1. The highest BCUT2D eigenvalue weighted by Crippen LogP contribution is 2.34. The van der Waals surface area contributed by atoms with Crippen molar-refractivity contribution >= 4 is 38.2 Å². The normalized spacial score (nSPS) is 11.1. The predicted molar refractivity (Wildman–Crippen MR) is 93.7 cm³/mol. The average Bonchev–Trinajstić information content (AvgIpc) is 3.17. The predicted octanol–water partition coefficient (Wildman–Crippen LogP) is 4.84. The summed E-state index contributed by atoms with van der Waals surface area (Å²) in [6, 6.07) is 14.4. The van der Waals surface area contributed by atoms with Crippen molar-refractivity contribution in [2.24, 2.45) is 0 Å². The quantitative estimate of drug-likeness (QED) is 0.517. The van der Waals surface area contributed by atoms with Gasteiger partial charge < -0.3 is 0 Å². The van der Waals surface area contributed by atoms with Crippen LogP contribution in [0.5, 0.6) is 0 Å². The first-order chi connectivity index (χ1) is 10.8. The fraction of sp³-hybridized carbons (Fsp3) is 0.0588. The van der Waals surface area contributed by atoms with Crippen LogP contribution in [-0.2, 0) is 6.42 Å². The highest BCUT2D eigenvalue weighted by atomic mass is 79.9. The molecule has 5 heteroatoms. The van der Waals surface area contributed by atoms with Gasteiger partial charge >= 0.3 is 0 Å². The highest BCUT2D eigenvalue weighted by molar-refractivity contribution is 9.10. The van der Waals surface area contributed by atoms with E-state index in [1.54, 1.807) is 23.7 Å². The maximum atomic E-state index is 4.44. The first kappa shape index (κ1) is 13.7. The average molecular weight is 370 g/mol. The molecule has 0 spiro atoms. The molecule has 3 nitrogen and oxygen atoms in total. The van der Waals surface area contributed by atoms with Gasteiger partial charge in [-0.15, -0.1) is 11.3 Å². The van der Waals surface area contributed by atoms with Gasteiger partial charge in [0.1, 0.15) is 0 Å². The van der Waals surface area contributed by atoms with Crippen molar-refractivity contribution < 1.29 is 0 Å². The zero-order valence-corrected chi connectivity index (χ0v) is 14.0. The number of halogens is 1. The molecule has 0 aliphatic carbocycles. The molecule has 4 aromatic rings. The molecule has 0 saturated heterocycles. The van der Waals surface area contributed by atoms with E-state index in [0.29, 0.717) is 5.95 Å². The number of nitrogens with zero attached hydrogens (tertiary/aromatic N) is 3. The number of aromatic nitrogens is 3. The Hall–Kier alpha value is -1.98. The van der Waals surface area contributed by atoms with Crippen molar-refractivity contribution in [3.8, 4) is 5.95 Å². The smallest absolute Gasteiger partial charge is 0.234 e. The fourth-order valence-corrected chi connectivity index (χ4v) is 3.99. The number of thiophene rings is 1. The van der Waals surface area contributed by atoms with Gasteiger partial charge in [-0.25, -0.2) is 9.97 Å². The minimum Gasteiger partial charge on any atom is -0.281 e. The fourth-order valence-electron chi connectivity index (χ4n) is 2.62. The third kappa shape index (κ3) is 2.26. The zero-order chi connectivity index (χ0) is 14.9. The summed E-state index contributed by atoms with van der Waals surface area (Å²) < 4.78 is 3.25. The number of rotatable bonds is 3. The summed E-state index contributed by atoms with van der Waals surface area (Å²) >= 11 is 5.54. The largest absolute Gasteiger partial charge is 0.281 e. The van der Waals surface area contributed by atoms with Gasteiger partial charge in [0.15, 0.2) is 0 Å². The Labute approximate surface area is 140 Å². The number of fused-ring (bicyclic) bond motifs is 1. The molecule has 0 N–H and O–H groups in total. The van der Waals surface area contributed by atoms with E-state index in [0.717, 1.165) is 16.4 Å². The van der Waals surface area contributed by atoms with Gasteiger partial charge in [-0.2, -0.15) is 0 Å². The molecule has 0 radical (unpaired) electrons. The van der Waals surface area contributed by atoms with Crippen LogP contribution >= 0.6 is 27.3 Å². The van der Waals surface area contributed by atoms with Crippen molar-refractivity contribution in [1.82, 2.24) is 14.5 Å². The second-order valence-corrected chi connectivity index (χ2v) is 6.74. The van der Waals surface area contributed by atoms with Crippen LogP contribution in [0.1, 0.15) is 10.6 Å². The van der Waals surface area contributed by atoms with Gasteiger partial charge in [0.2, 0.25) is 5.95 Å². The molecule has 0 bridgehead atoms. The minimum absolute atomic E-state index is 0.705. The Morgan fingerprint density at radius 3 is 2.59 bits per heavy atom. The number of hydrogen-bond acceptors (Lipinski definition) is 3. The van der Waals surface area contributed by atoms with Gasteiger partial charge in [0.05, 0.1) is 5.52 Å². The number of para-hydroxylation sites is 1. The molecule has 108 valence electrons. The van der Waals surface area contributed by atoms with Gasteiger partial charge in [-0.05, 0) is 39.5 Å². The van der Waals surface area contributed by atoms with E-state index in [1.165, 1.54) is 16.0 Å². The Morgan fingerprint density at radius 1 is 1.00 bits per heavy atom. The van der Waals surface area contributed by atoms with Crippen LogP contribution in [0.2, 0.25) is 0 Å². The van der Waals surface area contributed by atoms with E-state index >= 15 is 0 Å². The first-order valence-electron chi connectivity index (χ1n) is 6.92.